The SMILES string of the molecule is O=C(NCCCC[C@H]1COC(=O)[C@@H](Cc2ccccc2)CC=CC[C@H](CC(=O)N2CCC[C@H]2CO)C(=O)N1)OCc1ccccc1. The maximum atomic E-state index is 13.5. The van der Waals surface area contributed by atoms with E-state index in [-0.39, 0.29) is 56.0 Å². The zero-order chi connectivity index (χ0) is 32.6. The first-order chi connectivity index (χ1) is 22.4. The number of nitrogens with one attached hydrogen (secondary N) is 2. The molecule has 0 bridgehead atoms. The quantitative estimate of drug-likeness (QED) is 0.180. The van der Waals surface area contributed by atoms with Gasteiger partial charge in [-0.25, -0.2) is 4.79 Å². The molecule has 2 heterocycles. The smallest absolute Gasteiger partial charge is 0.407 e. The number of rotatable bonds is 12. The summed E-state index contributed by atoms with van der Waals surface area (Å²) in [6.07, 6.45) is 8.12. The van der Waals surface area contributed by atoms with Gasteiger partial charge in [-0.3, -0.25) is 14.4 Å². The number of ether oxygens (including phenoxy) is 2. The fourth-order valence-corrected chi connectivity index (χ4v) is 5.94. The van der Waals surface area contributed by atoms with E-state index in [2.05, 4.69) is 10.6 Å². The van der Waals surface area contributed by atoms with Crippen LogP contribution in [0.4, 0.5) is 4.79 Å². The summed E-state index contributed by atoms with van der Waals surface area (Å²) in [5.74, 6) is -1.67. The van der Waals surface area contributed by atoms with Gasteiger partial charge in [-0.05, 0) is 62.5 Å². The van der Waals surface area contributed by atoms with E-state index < -0.39 is 18.1 Å². The van der Waals surface area contributed by atoms with Crippen molar-refractivity contribution < 1.29 is 33.8 Å². The first-order valence-corrected chi connectivity index (χ1v) is 16.4. The Labute approximate surface area is 271 Å². The molecule has 2 aliphatic rings. The lowest BCUT2D eigenvalue weighted by Crippen LogP contribution is -2.45. The number of aliphatic hydroxyl groups is 1. The third-order valence-corrected chi connectivity index (χ3v) is 8.60. The van der Waals surface area contributed by atoms with E-state index in [1.165, 1.54) is 0 Å². The van der Waals surface area contributed by atoms with E-state index in [4.69, 9.17) is 9.47 Å². The number of benzene rings is 2. The summed E-state index contributed by atoms with van der Waals surface area (Å²) in [7, 11) is 0. The van der Waals surface area contributed by atoms with Crippen molar-refractivity contribution in [2.45, 2.75) is 76.5 Å². The second-order valence-electron chi connectivity index (χ2n) is 12.1. The van der Waals surface area contributed by atoms with Gasteiger partial charge in [0.15, 0.2) is 0 Å². The maximum Gasteiger partial charge on any atom is 0.407 e. The van der Waals surface area contributed by atoms with Gasteiger partial charge in [0, 0.05) is 19.5 Å². The van der Waals surface area contributed by atoms with Crippen molar-refractivity contribution in [3.05, 3.63) is 83.9 Å². The predicted octanol–water partition coefficient (Wildman–Crippen LogP) is 4.31. The standard InChI is InChI=1S/C36H47N3O7/c40-24-32-19-11-21-39(32)33(41)23-29-16-7-8-17-30(22-27-12-3-1-4-13-27)35(43)45-26-31(38-34(29)42)18-9-10-20-37-36(44)46-25-28-14-5-2-6-15-28/h1-8,12-15,29-32,40H,9-11,16-26H2,(H,37,44)(H,38,42)/t29-,30-,31+,32+/m1/s1. The fourth-order valence-electron chi connectivity index (χ4n) is 5.94. The molecule has 1 saturated heterocycles. The van der Waals surface area contributed by atoms with Crippen molar-refractivity contribution in [2.24, 2.45) is 11.8 Å². The third-order valence-electron chi connectivity index (χ3n) is 8.60. The van der Waals surface area contributed by atoms with Gasteiger partial charge in [-0.1, -0.05) is 72.8 Å². The fraction of sp³-hybridized carbons (Fsp3) is 0.500. The van der Waals surface area contributed by atoms with Crippen LogP contribution in [0.15, 0.2) is 72.8 Å². The summed E-state index contributed by atoms with van der Waals surface area (Å²) >= 11 is 0. The Morgan fingerprint density at radius 1 is 0.957 bits per heavy atom. The van der Waals surface area contributed by atoms with Gasteiger partial charge < -0.3 is 30.1 Å². The van der Waals surface area contributed by atoms with E-state index in [9.17, 15) is 24.3 Å². The van der Waals surface area contributed by atoms with Crippen LogP contribution in [-0.2, 0) is 36.9 Å². The Balaban J connectivity index is 1.35. The van der Waals surface area contributed by atoms with E-state index in [0.717, 1.165) is 24.0 Å². The molecule has 0 aromatic heterocycles. The minimum Gasteiger partial charge on any atom is -0.463 e. The molecular weight excluding hydrogens is 586 g/mol. The maximum absolute atomic E-state index is 13.5. The third kappa shape index (κ3) is 11.3. The van der Waals surface area contributed by atoms with E-state index in [1.54, 1.807) is 4.90 Å². The van der Waals surface area contributed by atoms with Crippen molar-refractivity contribution in [3.63, 3.8) is 0 Å². The van der Waals surface area contributed by atoms with E-state index >= 15 is 0 Å². The van der Waals surface area contributed by atoms with Crippen molar-refractivity contribution in [1.29, 1.82) is 0 Å². The minimum absolute atomic E-state index is 0.0193. The highest BCUT2D eigenvalue weighted by Crippen LogP contribution is 2.23. The van der Waals surface area contributed by atoms with Crippen LogP contribution in [0.25, 0.3) is 0 Å². The van der Waals surface area contributed by atoms with Gasteiger partial charge in [0.2, 0.25) is 11.8 Å². The van der Waals surface area contributed by atoms with Crippen LogP contribution in [0.5, 0.6) is 0 Å². The second kappa shape index (κ2) is 18.7. The summed E-state index contributed by atoms with van der Waals surface area (Å²) in [6.45, 7) is 1.11. The number of hydrogen-bond acceptors (Lipinski definition) is 7. The lowest BCUT2D eigenvalue weighted by atomic mass is 9.94. The van der Waals surface area contributed by atoms with Gasteiger partial charge in [0.1, 0.15) is 13.2 Å². The number of cyclic esters (lactones) is 1. The Kier molecular flexibility index (Phi) is 14.1. The Morgan fingerprint density at radius 2 is 1.65 bits per heavy atom. The first-order valence-electron chi connectivity index (χ1n) is 16.4. The topological polar surface area (TPSA) is 134 Å². The zero-order valence-electron chi connectivity index (χ0n) is 26.5. The number of unbranched alkanes of at least 4 members (excludes halogenated alkanes) is 1. The number of hydrogen-bond donors (Lipinski definition) is 3. The molecule has 1 fully saturated rings. The molecule has 46 heavy (non-hydrogen) atoms. The number of likely N-dealkylation sites (tertiary alicyclic amines) is 1. The molecular formula is C36H47N3O7. The lowest BCUT2D eigenvalue weighted by Gasteiger charge is -2.27. The number of aliphatic hydroxyl groups excluding tert-OH is 1. The number of alkyl carbamates (subject to hydrolysis) is 1. The molecule has 0 radical (unpaired) electrons. The summed E-state index contributed by atoms with van der Waals surface area (Å²) in [6, 6.07) is 18.6. The van der Waals surface area contributed by atoms with Gasteiger partial charge in [-0.2, -0.15) is 0 Å². The minimum atomic E-state index is -0.588. The van der Waals surface area contributed by atoms with E-state index in [1.807, 2.05) is 72.8 Å². The summed E-state index contributed by atoms with van der Waals surface area (Å²) in [4.78, 5) is 53.7. The molecule has 0 spiro atoms. The molecule has 0 unspecified atom stereocenters. The van der Waals surface area contributed by atoms with Crippen LogP contribution in [0.3, 0.4) is 0 Å². The second-order valence-corrected chi connectivity index (χ2v) is 12.1. The Morgan fingerprint density at radius 3 is 2.37 bits per heavy atom. The van der Waals surface area contributed by atoms with Crippen LogP contribution >= 0.6 is 0 Å². The molecule has 0 saturated carbocycles. The Hall–Kier alpha value is -4.18. The van der Waals surface area contributed by atoms with Crippen molar-refractivity contribution in [2.75, 3.05) is 26.3 Å². The predicted molar refractivity (Wildman–Crippen MR) is 173 cm³/mol. The van der Waals surface area contributed by atoms with Gasteiger partial charge in [-0.15, -0.1) is 0 Å². The van der Waals surface area contributed by atoms with Crippen molar-refractivity contribution in [1.82, 2.24) is 15.5 Å². The van der Waals surface area contributed by atoms with Crippen molar-refractivity contribution in [3.8, 4) is 0 Å². The number of allylic oxidation sites excluding steroid dienone is 2. The van der Waals surface area contributed by atoms with Gasteiger partial charge >= 0.3 is 12.1 Å². The number of carbonyl (C=O) groups excluding carboxylic acids is 4. The summed E-state index contributed by atoms with van der Waals surface area (Å²) < 4.78 is 11.0. The number of nitrogens with zero attached hydrogens (tertiary/aromatic N) is 1. The van der Waals surface area contributed by atoms with Crippen LogP contribution in [-0.4, -0.2) is 72.3 Å². The van der Waals surface area contributed by atoms with Gasteiger partial charge in [0.05, 0.1) is 30.5 Å². The highest BCUT2D eigenvalue weighted by atomic mass is 16.5. The molecule has 3 N–H and O–H groups in total. The Bertz CT molecular complexity index is 1290. The molecule has 2 aromatic carbocycles. The normalized spacial score (nSPS) is 22.2. The molecule has 2 aromatic rings. The van der Waals surface area contributed by atoms with Crippen LogP contribution in [0, 0.1) is 11.8 Å². The molecule has 0 aliphatic carbocycles. The van der Waals surface area contributed by atoms with Crippen LogP contribution in [0.1, 0.15) is 62.5 Å². The molecule has 3 amide bonds. The first kappa shape index (κ1) is 34.7. The molecule has 2 aliphatic heterocycles. The van der Waals surface area contributed by atoms with Crippen LogP contribution in [0.2, 0.25) is 0 Å². The van der Waals surface area contributed by atoms with Gasteiger partial charge in [0.25, 0.3) is 0 Å². The largest absolute Gasteiger partial charge is 0.463 e. The average molecular weight is 634 g/mol. The number of esters is 1. The molecule has 10 nitrogen and oxygen atoms in total. The number of amides is 3. The van der Waals surface area contributed by atoms with E-state index in [0.29, 0.717) is 51.6 Å². The van der Waals surface area contributed by atoms with Crippen molar-refractivity contribution >= 4 is 23.9 Å². The lowest BCUT2D eigenvalue weighted by molar-refractivity contribution is -0.150. The summed E-state index contributed by atoms with van der Waals surface area (Å²) in [5, 5.41) is 15.5. The molecule has 248 valence electrons. The zero-order valence-corrected chi connectivity index (χ0v) is 26.5. The summed E-state index contributed by atoms with van der Waals surface area (Å²) in [5.41, 5.74) is 1.94. The number of carbonyl (C=O) groups is 4. The average Bonchev–Trinajstić information content (AvgIpc) is 3.56. The highest BCUT2D eigenvalue weighted by molar-refractivity contribution is 5.86. The van der Waals surface area contributed by atoms with Crippen LogP contribution < -0.4 is 10.6 Å². The molecule has 4 atom stereocenters. The highest BCUT2D eigenvalue weighted by Gasteiger charge is 2.32. The monoisotopic (exact) mass is 633 g/mol. The molecule has 10 heteroatoms. The molecule has 4 rings (SSSR count).